The van der Waals surface area contributed by atoms with Crippen LogP contribution in [-0.2, 0) is 0 Å². The number of nitrogens with one attached hydrogen (secondary N) is 1. The highest BCUT2D eigenvalue weighted by Crippen LogP contribution is 2.39. The summed E-state index contributed by atoms with van der Waals surface area (Å²) in [4.78, 5) is 22.8. The summed E-state index contributed by atoms with van der Waals surface area (Å²) in [7, 11) is 1.51. The monoisotopic (exact) mass is 249 g/mol. The van der Waals surface area contributed by atoms with E-state index in [0.29, 0.717) is 17.9 Å². The van der Waals surface area contributed by atoms with Gasteiger partial charge in [-0.15, -0.1) is 0 Å². The van der Waals surface area contributed by atoms with Gasteiger partial charge in [-0.05, 0) is 18.6 Å². The molecule has 2 N–H and O–H groups in total. The van der Waals surface area contributed by atoms with Gasteiger partial charge in [0.1, 0.15) is 5.75 Å². The maximum Gasteiger partial charge on any atom is 0.335 e. The number of carboxylic acid groups (broad SMARTS) is 1. The molecule has 1 aromatic carbocycles. The molecule has 1 heterocycles. The smallest absolute Gasteiger partial charge is 0.335 e. The summed E-state index contributed by atoms with van der Waals surface area (Å²) in [5, 5.41) is 11.6. The Morgan fingerprint density at radius 2 is 2.22 bits per heavy atom. The van der Waals surface area contributed by atoms with Gasteiger partial charge in [0.25, 0.3) is 5.91 Å². The Bertz CT molecular complexity index is 510. The zero-order valence-corrected chi connectivity index (χ0v) is 10.3. The van der Waals surface area contributed by atoms with Crippen molar-refractivity contribution in [1.29, 1.82) is 0 Å². The SMILES string of the molecule is CCC1COc2c(C(=O)NC)cc(C(=O)O)cc21. The van der Waals surface area contributed by atoms with Crippen LogP contribution in [0.3, 0.4) is 0 Å². The summed E-state index contributed by atoms with van der Waals surface area (Å²) in [5.41, 5.74) is 1.23. The Labute approximate surface area is 105 Å². The van der Waals surface area contributed by atoms with Crippen LogP contribution in [0.2, 0.25) is 0 Å². The fourth-order valence-electron chi connectivity index (χ4n) is 2.15. The number of ether oxygens (including phenoxy) is 1. The van der Waals surface area contributed by atoms with E-state index in [9.17, 15) is 9.59 Å². The number of carboxylic acids is 1. The van der Waals surface area contributed by atoms with E-state index in [1.165, 1.54) is 13.1 Å². The van der Waals surface area contributed by atoms with Crippen LogP contribution in [0.15, 0.2) is 12.1 Å². The second-order valence-electron chi connectivity index (χ2n) is 4.24. The first-order chi connectivity index (χ1) is 8.58. The summed E-state index contributed by atoms with van der Waals surface area (Å²) >= 11 is 0. The van der Waals surface area contributed by atoms with E-state index < -0.39 is 5.97 Å². The largest absolute Gasteiger partial charge is 0.492 e. The Hall–Kier alpha value is -2.04. The number of carbonyl (C=O) groups excluding carboxylic acids is 1. The van der Waals surface area contributed by atoms with Crippen molar-refractivity contribution in [3.63, 3.8) is 0 Å². The summed E-state index contributed by atoms with van der Waals surface area (Å²) < 4.78 is 5.54. The summed E-state index contributed by atoms with van der Waals surface area (Å²) in [6.07, 6.45) is 0.850. The van der Waals surface area contributed by atoms with Gasteiger partial charge >= 0.3 is 5.97 Å². The fourth-order valence-corrected chi connectivity index (χ4v) is 2.15. The molecule has 1 atom stereocenters. The van der Waals surface area contributed by atoms with Gasteiger partial charge in [0.05, 0.1) is 17.7 Å². The molecule has 0 bridgehead atoms. The van der Waals surface area contributed by atoms with Crippen LogP contribution >= 0.6 is 0 Å². The molecule has 1 aliphatic rings. The van der Waals surface area contributed by atoms with Crippen LogP contribution in [0.1, 0.15) is 45.5 Å². The molecule has 0 spiro atoms. The van der Waals surface area contributed by atoms with Crippen LogP contribution in [0.4, 0.5) is 0 Å². The fraction of sp³-hybridized carbons (Fsp3) is 0.385. The standard InChI is InChI=1S/C13H15NO4/c1-3-7-6-18-11-9(7)4-8(13(16)17)5-10(11)12(15)14-2/h4-5,7H,3,6H2,1-2H3,(H,14,15)(H,16,17). The average Bonchev–Trinajstić information content (AvgIpc) is 2.79. The van der Waals surface area contributed by atoms with Crippen molar-refractivity contribution >= 4 is 11.9 Å². The first kappa shape index (κ1) is 12.4. The van der Waals surface area contributed by atoms with Crippen molar-refractivity contribution in [1.82, 2.24) is 5.32 Å². The van der Waals surface area contributed by atoms with Crippen LogP contribution < -0.4 is 10.1 Å². The van der Waals surface area contributed by atoms with Crippen LogP contribution in [-0.4, -0.2) is 30.6 Å². The molecule has 0 saturated heterocycles. The van der Waals surface area contributed by atoms with Crippen molar-refractivity contribution in [3.05, 3.63) is 28.8 Å². The molecule has 1 aliphatic heterocycles. The number of hydrogen-bond donors (Lipinski definition) is 2. The Morgan fingerprint density at radius 3 is 2.78 bits per heavy atom. The highest BCUT2D eigenvalue weighted by molar-refractivity contribution is 6.00. The van der Waals surface area contributed by atoms with Gasteiger partial charge in [0.2, 0.25) is 0 Å². The predicted octanol–water partition coefficient (Wildman–Crippen LogP) is 1.63. The van der Waals surface area contributed by atoms with Crippen LogP contribution in [0.25, 0.3) is 0 Å². The molecule has 5 heteroatoms. The van der Waals surface area contributed by atoms with Crippen molar-refractivity contribution < 1.29 is 19.4 Å². The first-order valence-corrected chi connectivity index (χ1v) is 5.84. The van der Waals surface area contributed by atoms with Gasteiger partial charge in [0.15, 0.2) is 0 Å². The van der Waals surface area contributed by atoms with Crippen molar-refractivity contribution in [2.75, 3.05) is 13.7 Å². The Morgan fingerprint density at radius 1 is 1.50 bits per heavy atom. The molecule has 0 saturated carbocycles. The number of hydrogen-bond acceptors (Lipinski definition) is 3. The van der Waals surface area contributed by atoms with Gasteiger partial charge in [-0.3, -0.25) is 4.79 Å². The normalized spacial score (nSPS) is 16.9. The van der Waals surface area contributed by atoms with E-state index in [2.05, 4.69) is 5.32 Å². The quantitative estimate of drug-likeness (QED) is 0.853. The summed E-state index contributed by atoms with van der Waals surface area (Å²) in [5.74, 6) is -0.690. The van der Waals surface area contributed by atoms with Crippen molar-refractivity contribution in [2.45, 2.75) is 19.3 Å². The van der Waals surface area contributed by atoms with Gasteiger partial charge in [0, 0.05) is 18.5 Å². The van der Waals surface area contributed by atoms with E-state index in [1.54, 1.807) is 6.07 Å². The minimum atomic E-state index is -1.04. The third kappa shape index (κ3) is 1.92. The van der Waals surface area contributed by atoms with Crippen molar-refractivity contribution in [3.8, 4) is 5.75 Å². The van der Waals surface area contributed by atoms with Gasteiger partial charge in [-0.1, -0.05) is 6.92 Å². The average molecular weight is 249 g/mol. The molecule has 1 aromatic rings. The third-order valence-electron chi connectivity index (χ3n) is 3.20. The molecule has 96 valence electrons. The topological polar surface area (TPSA) is 75.6 Å². The van der Waals surface area contributed by atoms with Crippen LogP contribution in [0.5, 0.6) is 5.75 Å². The number of carbonyl (C=O) groups is 2. The maximum absolute atomic E-state index is 11.8. The Balaban J connectivity index is 2.60. The predicted molar refractivity (Wildman–Crippen MR) is 65.3 cm³/mol. The number of benzene rings is 1. The zero-order chi connectivity index (χ0) is 13.3. The molecule has 0 fully saturated rings. The van der Waals surface area contributed by atoms with E-state index in [1.807, 2.05) is 6.92 Å². The highest BCUT2D eigenvalue weighted by Gasteiger charge is 2.29. The lowest BCUT2D eigenvalue weighted by Gasteiger charge is -2.09. The molecule has 5 nitrogen and oxygen atoms in total. The lowest BCUT2D eigenvalue weighted by atomic mass is 9.94. The first-order valence-electron chi connectivity index (χ1n) is 5.84. The molecule has 0 aromatic heterocycles. The number of rotatable bonds is 3. The molecular formula is C13H15NO4. The van der Waals surface area contributed by atoms with Crippen molar-refractivity contribution in [2.24, 2.45) is 0 Å². The van der Waals surface area contributed by atoms with E-state index in [4.69, 9.17) is 9.84 Å². The molecule has 2 rings (SSSR count). The minimum absolute atomic E-state index is 0.122. The van der Waals surface area contributed by atoms with E-state index in [0.717, 1.165) is 12.0 Å². The molecule has 18 heavy (non-hydrogen) atoms. The maximum atomic E-state index is 11.8. The van der Waals surface area contributed by atoms with Gasteiger partial charge in [-0.2, -0.15) is 0 Å². The number of aromatic carboxylic acids is 1. The molecule has 1 unspecified atom stereocenters. The second-order valence-corrected chi connectivity index (χ2v) is 4.24. The lowest BCUT2D eigenvalue weighted by Crippen LogP contribution is -2.19. The van der Waals surface area contributed by atoms with E-state index in [-0.39, 0.29) is 17.4 Å². The molecule has 1 amide bonds. The number of amides is 1. The third-order valence-corrected chi connectivity index (χ3v) is 3.20. The highest BCUT2D eigenvalue weighted by atomic mass is 16.5. The molecule has 0 radical (unpaired) electrons. The van der Waals surface area contributed by atoms with Gasteiger partial charge < -0.3 is 15.2 Å². The second kappa shape index (κ2) is 4.68. The number of fused-ring (bicyclic) bond motifs is 1. The lowest BCUT2D eigenvalue weighted by molar-refractivity contribution is 0.0696. The van der Waals surface area contributed by atoms with Crippen LogP contribution in [0, 0.1) is 0 Å². The summed E-state index contributed by atoms with van der Waals surface area (Å²) in [6, 6.07) is 2.96. The molecular weight excluding hydrogens is 234 g/mol. The molecule has 0 aliphatic carbocycles. The summed E-state index contributed by atoms with van der Waals surface area (Å²) in [6.45, 7) is 2.51. The van der Waals surface area contributed by atoms with Gasteiger partial charge in [-0.25, -0.2) is 4.79 Å². The zero-order valence-electron chi connectivity index (χ0n) is 10.3. The minimum Gasteiger partial charge on any atom is -0.492 e. The van der Waals surface area contributed by atoms with E-state index >= 15 is 0 Å². The Kier molecular flexibility index (Phi) is 3.23.